The average molecular weight is 334 g/mol. The summed E-state index contributed by atoms with van der Waals surface area (Å²) in [4.78, 5) is 1.89. The number of alkyl halides is 3. The molecule has 3 nitrogen and oxygen atoms in total. The highest BCUT2D eigenvalue weighted by atomic mass is 35.5. The third-order valence-corrected chi connectivity index (χ3v) is 2.58. The van der Waals surface area contributed by atoms with Gasteiger partial charge in [0.05, 0.1) is 5.56 Å². The van der Waals surface area contributed by atoms with Gasteiger partial charge in [-0.3, -0.25) is 0 Å². The van der Waals surface area contributed by atoms with Gasteiger partial charge >= 0.3 is 6.18 Å². The van der Waals surface area contributed by atoms with Gasteiger partial charge < -0.3 is 16.0 Å². The molecule has 0 aliphatic heterocycles. The summed E-state index contributed by atoms with van der Waals surface area (Å²) in [5.41, 5.74) is 5.47. The Morgan fingerprint density at radius 1 is 1.10 bits per heavy atom. The smallest absolute Gasteiger partial charge is 0.373 e. The van der Waals surface area contributed by atoms with Crippen LogP contribution in [0.2, 0.25) is 0 Å². The van der Waals surface area contributed by atoms with E-state index in [0.29, 0.717) is 13.1 Å². The number of nitrogens with two attached hydrogens (primary N) is 1. The molecule has 1 aromatic carbocycles. The minimum absolute atomic E-state index is 0. The highest BCUT2D eigenvalue weighted by Crippen LogP contribution is 2.30. The first-order chi connectivity index (χ1) is 8.45. The zero-order valence-electron chi connectivity index (χ0n) is 11.1. The quantitative estimate of drug-likeness (QED) is 0.786. The monoisotopic (exact) mass is 333 g/mol. The second-order valence-corrected chi connectivity index (χ2v) is 4.00. The van der Waals surface area contributed by atoms with Crippen LogP contribution in [0.3, 0.4) is 0 Å². The summed E-state index contributed by atoms with van der Waals surface area (Å²) in [6, 6.07) is 5.15. The molecule has 118 valence electrons. The first kappa shape index (κ1) is 21.6. The van der Waals surface area contributed by atoms with Gasteiger partial charge in [0.1, 0.15) is 0 Å². The third-order valence-electron chi connectivity index (χ3n) is 2.58. The zero-order valence-corrected chi connectivity index (χ0v) is 12.7. The molecule has 0 aliphatic rings. The second kappa shape index (κ2) is 10.1. The summed E-state index contributed by atoms with van der Waals surface area (Å²) in [5, 5.41) is 3.12. The van der Waals surface area contributed by atoms with E-state index in [-0.39, 0.29) is 24.8 Å². The molecular formula is C12H20Cl2F3N3. The van der Waals surface area contributed by atoms with Gasteiger partial charge in [0.15, 0.2) is 0 Å². The maximum absolute atomic E-state index is 12.4. The van der Waals surface area contributed by atoms with Crippen LogP contribution >= 0.6 is 24.8 Å². The molecule has 0 saturated heterocycles. The Bertz CT molecular complexity index is 358. The Labute approximate surface area is 129 Å². The normalized spacial score (nSPS) is 10.4. The van der Waals surface area contributed by atoms with Gasteiger partial charge in [-0.2, -0.15) is 13.2 Å². The van der Waals surface area contributed by atoms with E-state index in [9.17, 15) is 13.2 Å². The van der Waals surface area contributed by atoms with Crippen LogP contribution in [0.5, 0.6) is 0 Å². The number of hydrogen-bond acceptors (Lipinski definition) is 3. The van der Waals surface area contributed by atoms with Crippen LogP contribution in [0.1, 0.15) is 5.56 Å². The molecule has 0 unspecified atom stereocenters. The van der Waals surface area contributed by atoms with Crippen molar-refractivity contribution in [2.75, 3.05) is 38.1 Å². The maximum Gasteiger partial charge on any atom is 0.416 e. The molecule has 0 bridgehead atoms. The summed E-state index contributed by atoms with van der Waals surface area (Å²) < 4.78 is 37.1. The third kappa shape index (κ3) is 7.19. The maximum atomic E-state index is 12.4. The minimum atomic E-state index is -4.28. The van der Waals surface area contributed by atoms with Gasteiger partial charge in [0.25, 0.3) is 0 Å². The summed E-state index contributed by atoms with van der Waals surface area (Å²) in [7, 11) is 1.84. The number of hydrogen-bond donors (Lipinski definition) is 2. The molecule has 0 heterocycles. The molecule has 20 heavy (non-hydrogen) atoms. The van der Waals surface area contributed by atoms with Crippen molar-refractivity contribution in [2.45, 2.75) is 6.18 Å². The van der Waals surface area contributed by atoms with Crippen molar-refractivity contribution < 1.29 is 13.2 Å². The number of anilines is 1. The van der Waals surface area contributed by atoms with Gasteiger partial charge in [-0.15, -0.1) is 24.8 Å². The largest absolute Gasteiger partial charge is 0.416 e. The fourth-order valence-corrected chi connectivity index (χ4v) is 1.51. The van der Waals surface area contributed by atoms with E-state index in [1.54, 1.807) is 0 Å². The van der Waals surface area contributed by atoms with Crippen LogP contribution in [-0.2, 0) is 6.18 Å². The first-order valence-corrected chi connectivity index (χ1v) is 5.74. The van der Waals surface area contributed by atoms with Gasteiger partial charge in [-0.25, -0.2) is 0 Å². The van der Waals surface area contributed by atoms with E-state index in [1.807, 2.05) is 11.9 Å². The number of nitrogens with one attached hydrogen (secondary N) is 1. The van der Waals surface area contributed by atoms with Crippen LogP contribution in [0.15, 0.2) is 24.3 Å². The van der Waals surface area contributed by atoms with Crippen LogP contribution in [0.25, 0.3) is 0 Å². The Morgan fingerprint density at radius 2 is 1.65 bits per heavy atom. The van der Waals surface area contributed by atoms with Gasteiger partial charge in [0, 0.05) is 38.9 Å². The van der Waals surface area contributed by atoms with Crippen molar-refractivity contribution in [2.24, 2.45) is 5.73 Å². The van der Waals surface area contributed by atoms with E-state index in [2.05, 4.69) is 5.32 Å². The van der Waals surface area contributed by atoms with Crippen LogP contribution in [0, 0.1) is 0 Å². The zero-order chi connectivity index (χ0) is 13.6. The molecule has 0 aliphatic carbocycles. The van der Waals surface area contributed by atoms with E-state index >= 15 is 0 Å². The molecule has 0 saturated carbocycles. The molecule has 1 aromatic rings. The van der Waals surface area contributed by atoms with Gasteiger partial charge in [0.2, 0.25) is 0 Å². The molecule has 0 aromatic heterocycles. The van der Waals surface area contributed by atoms with Crippen molar-refractivity contribution in [3.63, 3.8) is 0 Å². The van der Waals surface area contributed by atoms with E-state index in [4.69, 9.17) is 5.73 Å². The highest BCUT2D eigenvalue weighted by Gasteiger charge is 2.29. The molecule has 0 amide bonds. The van der Waals surface area contributed by atoms with Crippen molar-refractivity contribution in [1.82, 2.24) is 5.32 Å². The lowest BCUT2D eigenvalue weighted by molar-refractivity contribution is -0.137. The fraction of sp³-hybridized carbons (Fsp3) is 0.500. The van der Waals surface area contributed by atoms with Crippen LogP contribution < -0.4 is 16.0 Å². The van der Waals surface area contributed by atoms with E-state index < -0.39 is 11.7 Å². The Hall–Kier alpha value is -0.690. The van der Waals surface area contributed by atoms with E-state index in [1.165, 1.54) is 12.1 Å². The lowest BCUT2D eigenvalue weighted by Gasteiger charge is -2.20. The van der Waals surface area contributed by atoms with Crippen molar-refractivity contribution in [3.8, 4) is 0 Å². The predicted octanol–water partition coefficient (Wildman–Crippen LogP) is 2.53. The van der Waals surface area contributed by atoms with E-state index in [0.717, 1.165) is 30.9 Å². The summed E-state index contributed by atoms with van der Waals surface area (Å²) in [6.07, 6.45) is -4.28. The standard InChI is InChI=1S/C12H18F3N3.2ClH/c1-18(9-8-17-7-6-16)11-4-2-10(3-5-11)12(13,14)15;;/h2-5,17H,6-9,16H2,1H3;2*1H. The molecule has 3 N–H and O–H groups in total. The summed E-state index contributed by atoms with van der Waals surface area (Å²) >= 11 is 0. The van der Waals surface area contributed by atoms with Crippen LogP contribution in [-0.4, -0.2) is 33.2 Å². The van der Waals surface area contributed by atoms with Crippen LogP contribution in [0.4, 0.5) is 18.9 Å². The lowest BCUT2D eigenvalue weighted by Crippen LogP contribution is -2.31. The predicted molar refractivity (Wildman–Crippen MR) is 81.1 cm³/mol. The van der Waals surface area contributed by atoms with Gasteiger partial charge in [-0.1, -0.05) is 0 Å². The Kier molecular flexibility index (Phi) is 10.9. The van der Waals surface area contributed by atoms with Crippen molar-refractivity contribution in [3.05, 3.63) is 29.8 Å². The molecule has 1 rings (SSSR count). The Balaban J connectivity index is 0. The first-order valence-electron chi connectivity index (χ1n) is 5.74. The SMILES string of the molecule is CN(CCNCCN)c1ccc(C(F)(F)F)cc1.Cl.Cl. The number of rotatable bonds is 6. The number of likely N-dealkylation sites (N-methyl/N-ethyl adjacent to an activating group) is 1. The molecular weight excluding hydrogens is 314 g/mol. The molecule has 0 spiro atoms. The molecule has 0 atom stereocenters. The molecule has 0 radical (unpaired) electrons. The fourth-order valence-electron chi connectivity index (χ4n) is 1.51. The number of benzene rings is 1. The topological polar surface area (TPSA) is 41.3 Å². The number of nitrogens with zero attached hydrogens (tertiary/aromatic N) is 1. The average Bonchev–Trinajstić information content (AvgIpc) is 2.33. The van der Waals surface area contributed by atoms with Crippen molar-refractivity contribution in [1.29, 1.82) is 0 Å². The Morgan fingerprint density at radius 3 is 2.10 bits per heavy atom. The minimum Gasteiger partial charge on any atom is -0.373 e. The second-order valence-electron chi connectivity index (χ2n) is 4.00. The summed E-state index contributed by atoms with van der Waals surface area (Å²) in [6.45, 7) is 2.77. The summed E-state index contributed by atoms with van der Waals surface area (Å²) in [5.74, 6) is 0. The number of halogens is 5. The highest BCUT2D eigenvalue weighted by molar-refractivity contribution is 5.85. The lowest BCUT2D eigenvalue weighted by atomic mass is 10.2. The molecule has 8 heteroatoms. The molecule has 0 fully saturated rings. The van der Waals surface area contributed by atoms with Crippen molar-refractivity contribution >= 4 is 30.5 Å². The van der Waals surface area contributed by atoms with Gasteiger partial charge in [-0.05, 0) is 24.3 Å².